The first-order valence-corrected chi connectivity index (χ1v) is 32.4. The van der Waals surface area contributed by atoms with Gasteiger partial charge >= 0.3 is 5.97 Å². The summed E-state index contributed by atoms with van der Waals surface area (Å²) in [5.41, 5.74) is 8.00. The number of phenols is 3. The van der Waals surface area contributed by atoms with Crippen LogP contribution in [0.25, 0.3) is 11.1 Å². The minimum Gasteiger partial charge on any atom is -0.508 e. The van der Waals surface area contributed by atoms with E-state index in [1.165, 1.54) is 33.0 Å². The number of carbonyl (C=O) groups is 8. The fraction of sp³-hybridized carbons (Fsp3) is 0.424. The van der Waals surface area contributed by atoms with E-state index in [9.17, 15) is 75.0 Å². The summed E-state index contributed by atoms with van der Waals surface area (Å²) in [6, 6.07) is -0.679. The monoisotopic (exact) mass is 1580 g/mol. The molecule has 0 radical (unpaired) electrons. The van der Waals surface area contributed by atoms with E-state index in [0.717, 1.165) is 66.7 Å². The average Bonchev–Trinajstić information content (AvgIpc) is 0.773. The van der Waals surface area contributed by atoms with E-state index in [4.69, 9.17) is 63.1 Å². The number of carboxylic acid groups (broad SMARTS) is 1. The number of halogens is 3. The lowest BCUT2D eigenvalue weighted by atomic mass is 9.86. The van der Waals surface area contributed by atoms with Crippen LogP contribution in [-0.2, 0) is 52.6 Å². The summed E-state index contributed by atoms with van der Waals surface area (Å²) in [5.74, 6) is -16.0. The second kappa shape index (κ2) is 31.6. The molecule has 18 atom stereocenters. The van der Waals surface area contributed by atoms with Crippen LogP contribution in [0.1, 0.15) is 105 Å². The summed E-state index contributed by atoms with van der Waals surface area (Å²) in [6.07, 6.45) is -18.6. The van der Waals surface area contributed by atoms with E-state index >= 15 is 14.4 Å². The summed E-state index contributed by atoms with van der Waals surface area (Å²) in [6.45, 7) is 5.66. The molecule has 5 aromatic rings. The number of phenolic OH excluding ortho intramolecular Hbond substituents is 3. The van der Waals surface area contributed by atoms with Crippen LogP contribution >= 0.6 is 47.2 Å². The number of likely N-dealkylation sites (N-methyl/N-ethyl adjacent to an activating group) is 1. The van der Waals surface area contributed by atoms with Crippen molar-refractivity contribution in [2.24, 2.45) is 17.4 Å². The molecule has 102 heavy (non-hydrogen) atoms. The molecule has 36 heteroatoms. The summed E-state index contributed by atoms with van der Waals surface area (Å²) in [7, 11) is 1.47. The quantitative estimate of drug-likeness (QED) is 0.0722. The van der Waals surface area contributed by atoms with Crippen molar-refractivity contribution in [1.29, 1.82) is 0 Å². The SMILES string of the molecule is CNC(CC(C)C)C(=O)NC1C(=O)NC(CC(N)=O)C(=O)NC2C(=O)NC3C(=O)NC(C(=O)NC(C(=O)O)c4cc(O)cc(O)c4-c4cc3ccc4O)C(O)c3ccc(c(Cl)c3)Oc3cc2cc(c3OC2OC(CO)C(O)C(O)C2OC2CC(C)(N)C(O)C(C)O2)Oc2ccc(cc2Cl)C1O.I. The zero-order valence-electron chi connectivity index (χ0n) is 54.7. The minimum absolute atomic E-state index is 0. The van der Waals surface area contributed by atoms with Gasteiger partial charge in [-0.15, -0.1) is 24.0 Å². The van der Waals surface area contributed by atoms with Crippen molar-refractivity contribution >= 4 is 94.5 Å². The molecule has 11 bridgehead atoms. The highest BCUT2D eigenvalue weighted by molar-refractivity contribution is 14.0. The molecule has 0 aromatic heterocycles. The lowest BCUT2D eigenvalue weighted by Gasteiger charge is -2.47. The first-order valence-electron chi connectivity index (χ1n) is 31.6. The fourth-order valence-electron chi connectivity index (χ4n) is 12.5. The van der Waals surface area contributed by atoms with Crippen LogP contribution < -0.4 is 62.9 Å². The summed E-state index contributed by atoms with van der Waals surface area (Å²) < 4.78 is 38.3. The van der Waals surface area contributed by atoms with Gasteiger partial charge in [0.15, 0.2) is 29.9 Å². The predicted molar refractivity (Wildman–Crippen MR) is 365 cm³/mol. The highest BCUT2D eigenvalue weighted by Crippen LogP contribution is 2.50. The number of nitrogens with two attached hydrogens (primary N) is 2. The van der Waals surface area contributed by atoms with Crippen LogP contribution in [0, 0.1) is 5.92 Å². The van der Waals surface area contributed by atoms with Gasteiger partial charge in [-0.3, -0.25) is 33.6 Å². The Kier molecular flexibility index (Phi) is 24.1. The smallest absolute Gasteiger partial charge is 0.330 e. The molecule has 2 fully saturated rings. The summed E-state index contributed by atoms with van der Waals surface area (Å²) in [4.78, 5) is 117. The van der Waals surface area contributed by atoms with E-state index in [1.54, 1.807) is 0 Å². The lowest BCUT2D eigenvalue weighted by Crippen LogP contribution is -2.64. The second-order valence-electron chi connectivity index (χ2n) is 25.7. The number of aromatic hydroxyl groups is 3. The molecule has 21 N–H and O–H groups in total. The molecule has 2 saturated heterocycles. The standard InChI is InChI=1S/C66H75Cl2N9O24.HI/c1-23(2)12-34(71-5)58(88)76-49-51(83)26-7-10-38(32(67)14-26)97-40-16-28-17-41(55(40)101-65-56(54(86)53(85)42(22-78)99-65)100-44-21-66(4,70)57(87)24(3)96-44)98-39-11-8-27(15-33(39)68)52(84)50-63(93)75-48(64(94)95)31-18-29(79)19-37(81)45(31)30-13-25(6-9-36(30)80)46(60(90)77-50)74-61(91)47(28)73-59(89)35(20-43(69)82)72-62(49)92;/h6-11,13-19,23-24,34-35,42,44,46-54,56-57,65,71,78-81,83-87H,12,20-22,70H2,1-5H3,(H2,69,82)(H,72,92)(H,73,89)(H,74,91)(H,75,93)(H,76,88)(H,77,90)(H,94,95);1H. The van der Waals surface area contributed by atoms with Crippen molar-refractivity contribution in [1.82, 2.24) is 37.2 Å². The molecule has 12 rings (SSSR count). The van der Waals surface area contributed by atoms with Crippen LogP contribution in [0.5, 0.6) is 46.0 Å². The van der Waals surface area contributed by atoms with Gasteiger partial charge in [-0.1, -0.05) is 55.2 Å². The van der Waals surface area contributed by atoms with Gasteiger partial charge in [0.25, 0.3) is 0 Å². The number of aliphatic hydroxyl groups excluding tert-OH is 6. The number of aliphatic hydroxyl groups is 6. The van der Waals surface area contributed by atoms with E-state index in [-0.39, 0.29) is 70.2 Å². The van der Waals surface area contributed by atoms with Crippen molar-refractivity contribution in [3.05, 3.63) is 117 Å². The number of carbonyl (C=O) groups excluding carboxylic acids is 7. The Morgan fingerprint density at radius 1 is 0.716 bits per heavy atom. The maximum atomic E-state index is 16.0. The van der Waals surface area contributed by atoms with Gasteiger partial charge in [-0.2, -0.15) is 0 Å². The largest absolute Gasteiger partial charge is 0.508 e. The van der Waals surface area contributed by atoms with Crippen molar-refractivity contribution < 1.29 is 118 Å². The third-order valence-electron chi connectivity index (χ3n) is 17.8. The third-order valence-corrected chi connectivity index (χ3v) is 18.4. The van der Waals surface area contributed by atoms with Crippen molar-refractivity contribution in [3.63, 3.8) is 0 Å². The van der Waals surface area contributed by atoms with E-state index in [1.807, 2.05) is 13.8 Å². The maximum Gasteiger partial charge on any atom is 0.330 e. The number of fused-ring (bicyclic) bond motifs is 15. The number of hydrogen-bond acceptors (Lipinski definition) is 25. The molecule has 550 valence electrons. The first kappa shape index (κ1) is 77.7. The minimum atomic E-state index is -2.35. The number of nitrogens with one attached hydrogen (secondary N) is 7. The van der Waals surface area contributed by atoms with E-state index in [2.05, 4.69) is 37.2 Å². The zero-order chi connectivity index (χ0) is 73.5. The van der Waals surface area contributed by atoms with Gasteiger partial charge in [-0.25, -0.2) is 4.79 Å². The lowest BCUT2D eigenvalue weighted by molar-refractivity contribution is -0.333. The highest BCUT2D eigenvalue weighted by Gasteiger charge is 2.51. The second-order valence-corrected chi connectivity index (χ2v) is 26.5. The summed E-state index contributed by atoms with van der Waals surface area (Å²) >= 11 is 14.1. The molecular weight excluding hydrogens is 1500 g/mol. The Balaban J connectivity index is 0.0000121. The van der Waals surface area contributed by atoms with E-state index < -0.39 is 237 Å². The third kappa shape index (κ3) is 16.5. The molecule has 0 spiro atoms. The Morgan fingerprint density at radius 3 is 1.89 bits per heavy atom. The molecule has 7 aliphatic rings. The van der Waals surface area contributed by atoms with Crippen LogP contribution in [0.4, 0.5) is 0 Å². The average molecular weight is 1580 g/mol. The Morgan fingerprint density at radius 2 is 1.31 bits per heavy atom. The summed E-state index contributed by atoms with van der Waals surface area (Å²) in [5, 5.41) is 131. The molecule has 7 amide bonds. The van der Waals surface area contributed by atoms with Crippen molar-refractivity contribution in [2.45, 2.75) is 156 Å². The normalized spacial score (nSPS) is 29.1. The molecule has 7 aliphatic heterocycles. The highest BCUT2D eigenvalue weighted by atomic mass is 127. The number of carboxylic acids is 1. The molecular formula is C66H76Cl2IN9O24. The Labute approximate surface area is 607 Å². The van der Waals surface area contributed by atoms with Gasteiger partial charge < -0.3 is 128 Å². The number of amides is 7. The number of aliphatic carboxylic acids is 1. The molecule has 18 unspecified atom stereocenters. The van der Waals surface area contributed by atoms with Crippen LogP contribution in [0.3, 0.4) is 0 Å². The van der Waals surface area contributed by atoms with Crippen molar-refractivity contribution in [2.75, 3.05) is 13.7 Å². The topological polar surface area (TPSA) is 530 Å². The number of benzene rings is 5. The zero-order valence-corrected chi connectivity index (χ0v) is 58.6. The predicted octanol–water partition coefficient (Wildman–Crippen LogP) is 0.724. The molecule has 0 aliphatic carbocycles. The van der Waals surface area contributed by atoms with Gasteiger partial charge in [0.1, 0.15) is 89.5 Å². The molecule has 0 saturated carbocycles. The van der Waals surface area contributed by atoms with Crippen LogP contribution in [0.15, 0.2) is 78.9 Å². The molecule has 5 aromatic carbocycles. The number of primary amides is 1. The fourth-order valence-corrected chi connectivity index (χ4v) is 12.9. The molecule has 33 nitrogen and oxygen atoms in total. The Hall–Kier alpha value is -8.47. The van der Waals surface area contributed by atoms with Gasteiger partial charge in [-0.05, 0) is 110 Å². The maximum absolute atomic E-state index is 16.0. The number of hydrogen-bond donors (Lipinski definition) is 19. The van der Waals surface area contributed by atoms with Crippen LogP contribution in [-0.4, -0.2) is 191 Å². The number of ether oxygens (including phenoxy) is 6. The van der Waals surface area contributed by atoms with Crippen LogP contribution in [0.2, 0.25) is 10.0 Å². The van der Waals surface area contributed by atoms with Gasteiger partial charge in [0, 0.05) is 34.7 Å². The Bertz CT molecular complexity index is 4080. The van der Waals surface area contributed by atoms with Crippen molar-refractivity contribution in [3.8, 4) is 57.1 Å². The van der Waals surface area contributed by atoms with Gasteiger partial charge in [0.05, 0.1) is 41.3 Å². The molecule has 7 heterocycles. The van der Waals surface area contributed by atoms with E-state index in [0.29, 0.717) is 0 Å². The van der Waals surface area contributed by atoms with Gasteiger partial charge in [0.2, 0.25) is 53.4 Å². The first-order chi connectivity index (χ1) is 47.7. The number of rotatable bonds is 13.